The molecule has 0 amide bonds. The van der Waals surface area contributed by atoms with Gasteiger partial charge in [0.25, 0.3) is 0 Å². The van der Waals surface area contributed by atoms with Crippen LogP contribution in [0.5, 0.6) is 0 Å². The first-order valence-electron chi connectivity index (χ1n) is 5.46. The number of hydrogen-bond acceptors (Lipinski definition) is 6. The predicted octanol–water partition coefficient (Wildman–Crippen LogP) is 0.339. The SMILES string of the molecule is CO[C@@H]1[C@@H](OC)[C@@H](OC)C(OC(C)=O)O[C@H]1C. The molecule has 0 aromatic heterocycles. The average Bonchev–Trinajstić information content (AvgIpc) is 2.27. The molecule has 6 heteroatoms. The van der Waals surface area contributed by atoms with Gasteiger partial charge in [0.1, 0.15) is 18.3 Å². The maximum Gasteiger partial charge on any atom is 0.305 e. The number of rotatable bonds is 4. The maximum absolute atomic E-state index is 11.0. The van der Waals surface area contributed by atoms with Crippen LogP contribution >= 0.6 is 0 Å². The van der Waals surface area contributed by atoms with Gasteiger partial charge in [-0.3, -0.25) is 4.79 Å². The summed E-state index contributed by atoms with van der Waals surface area (Å²) in [7, 11) is 4.65. The molecular weight excluding hydrogens is 228 g/mol. The van der Waals surface area contributed by atoms with Crippen molar-refractivity contribution in [1.82, 2.24) is 0 Å². The fourth-order valence-electron chi connectivity index (χ4n) is 2.07. The molecule has 0 bridgehead atoms. The van der Waals surface area contributed by atoms with Crippen molar-refractivity contribution in [3.8, 4) is 0 Å². The minimum absolute atomic E-state index is 0.249. The van der Waals surface area contributed by atoms with Crippen molar-refractivity contribution in [3.63, 3.8) is 0 Å². The fraction of sp³-hybridized carbons (Fsp3) is 0.909. The van der Waals surface area contributed by atoms with Gasteiger partial charge in [0.05, 0.1) is 6.10 Å². The smallest absolute Gasteiger partial charge is 0.305 e. The Balaban J connectivity index is 2.84. The fourth-order valence-corrected chi connectivity index (χ4v) is 2.07. The van der Waals surface area contributed by atoms with E-state index in [2.05, 4.69) is 0 Å². The normalized spacial score (nSPS) is 37.8. The van der Waals surface area contributed by atoms with Crippen LogP contribution in [-0.2, 0) is 28.5 Å². The van der Waals surface area contributed by atoms with E-state index in [0.29, 0.717) is 0 Å². The standard InChI is InChI=1S/C11H20O6/c1-6-8(13-3)9(14-4)10(15-5)11(16-6)17-7(2)12/h6,8-11H,1-5H3/t6-,8-,9+,10+,11?/m0/s1. The highest BCUT2D eigenvalue weighted by molar-refractivity contribution is 5.66. The lowest BCUT2D eigenvalue weighted by atomic mass is 9.99. The third-order valence-corrected chi connectivity index (χ3v) is 2.83. The molecule has 1 fully saturated rings. The van der Waals surface area contributed by atoms with Gasteiger partial charge in [-0.25, -0.2) is 0 Å². The van der Waals surface area contributed by atoms with Gasteiger partial charge in [0.15, 0.2) is 0 Å². The first kappa shape index (κ1) is 14.4. The molecule has 0 aliphatic carbocycles. The van der Waals surface area contributed by atoms with E-state index in [4.69, 9.17) is 23.7 Å². The van der Waals surface area contributed by atoms with Crippen molar-refractivity contribution in [3.05, 3.63) is 0 Å². The van der Waals surface area contributed by atoms with E-state index in [1.807, 2.05) is 6.92 Å². The van der Waals surface area contributed by atoms with Crippen LogP contribution in [0, 0.1) is 0 Å². The quantitative estimate of drug-likeness (QED) is 0.668. The van der Waals surface area contributed by atoms with E-state index >= 15 is 0 Å². The molecule has 1 aliphatic rings. The minimum atomic E-state index is -0.774. The predicted molar refractivity (Wildman–Crippen MR) is 58.5 cm³/mol. The second-order valence-corrected chi connectivity index (χ2v) is 3.92. The third-order valence-electron chi connectivity index (χ3n) is 2.83. The molecule has 0 saturated carbocycles. The molecule has 0 aromatic rings. The molecule has 5 atom stereocenters. The highest BCUT2D eigenvalue weighted by atomic mass is 16.7. The van der Waals surface area contributed by atoms with Crippen LogP contribution in [-0.4, -0.2) is 58.0 Å². The van der Waals surface area contributed by atoms with Crippen molar-refractivity contribution in [1.29, 1.82) is 0 Å². The molecule has 0 spiro atoms. The zero-order valence-electron chi connectivity index (χ0n) is 10.8. The van der Waals surface area contributed by atoms with E-state index in [1.165, 1.54) is 14.0 Å². The molecule has 1 aliphatic heterocycles. The summed E-state index contributed by atoms with van der Waals surface area (Å²) in [6, 6.07) is 0. The van der Waals surface area contributed by atoms with Gasteiger partial charge in [0.2, 0.25) is 6.29 Å². The Kier molecular flexibility index (Phi) is 5.32. The van der Waals surface area contributed by atoms with Gasteiger partial charge < -0.3 is 23.7 Å². The lowest BCUT2D eigenvalue weighted by Gasteiger charge is -2.43. The number of hydrogen-bond donors (Lipinski definition) is 0. The van der Waals surface area contributed by atoms with Crippen LogP contribution in [0.25, 0.3) is 0 Å². The molecule has 1 saturated heterocycles. The zero-order valence-corrected chi connectivity index (χ0v) is 10.8. The van der Waals surface area contributed by atoms with Gasteiger partial charge in [-0.15, -0.1) is 0 Å². The molecule has 1 unspecified atom stereocenters. The average molecular weight is 248 g/mol. The van der Waals surface area contributed by atoms with Crippen molar-refractivity contribution in [2.75, 3.05) is 21.3 Å². The molecule has 1 rings (SSSR count). The van der Waals surface area contributed by atoms with Crippen molar-refractivity contribution < 1.29 is 28.5 Å². The van der Waals surface area contributed by atoms with Crippen LogP contribution in [0.1, 0.15) is 13.8 Å². The van der Waals surface area contributed by atoms with Crippen molar-refractivity contribution >= 4 is 5.97 Å². The summed E-state index contributed by atoms with van der Waals surface area (Å²) >= 11 is 0. The van der Waals surface area contributed by atoms with E-state index < -0.39 is 18.4 Å². The summed E-state index contributed by atoms with van der Waals surface area (Å²) < 4.78 is 26.6. The van der Waals surface area contributed by atoms with Crippen molar-refractivity contribution in [2.24, 2.45) is 0 Å². The van der Waals surface area contributed by atoms with Crippen LogP contribution in [0.15, 0.2) is 0 Å². The van der Waals surface area contributed by atoms with Crippen LogP contribution < -0.4 is 0 Å². The van der Waals surface area contributed by atoms with E-state index in [0.717, 1.165) is 0 Å². The highest BCUT2D eigenvalue weighted by Gasteiger charge is 2.46. The number of carbonyl (C=O) groups is 1. The molecule has 1 heterocycles. The Bertz CT molecular complexity index is 256. The monoisotopic (exact) mass is 248 g/mol. The molecule has 0 N–H and O–H groups in total. The molecule has 0 radical (unpaired) electrons. The number of carbonyl (C=O) groups excluding carboxylic acids is 1. The highest BCUT2D eigenvalue weighted by Crippen LogP contribution is 2.27. The Morgan fingerprint density at radius 3 is 1.94 bits per heavy atom. The Hall–Kier alpha value is -0.690. The lowest BCUT2D eigenvalue weighted by molar-refractivity contribution is -0.296. The van der Waals surface area contributed by atoms with E-state index in [9.17, 15) is 4.79 Å². The molecule has 17 heavy (non-hydrogen) atoms. The molecular formula is C11H20O6. The summed E-state index contributed by atoms with van der Waals surface area (Å²) in [5.41, 5.74) is 0. The summed E-state index contributed by atoms with van der Waals surface area (Å²) in [5, 5.41) is 0. The number of methoxy groups -OCH3 is 3. The number of ether oxygens (including phenoxy) is 5. The third kappa shape index (κ3) is 3.16. The van der Waals surface area contributed by atoms with Crippen LogP contribution in [0.2, 0.25) is 0 Å². The Morgan fingerprint density at radius 1 is 1.00 bits per heavy atom. The summed E-state index contributed by atoms with van der Waals surface area (Å²) in [4.78, 5) is 11.0. The summed E-state index contributed by atoms with van der Waals surface area (Å²) in [6.45, 7) is 3.16. The first-order chi connectivity index (χ1) is 8.04. The second-order valence-electron chi connectivity index (χ2n) is 3.92. The minimum Gasteiger partial charge on any atom is -0.433 e. The molecule has 100 valence electrons. The Morgan fingerprint density at radius 2 is 1.53 bits per heavy atom. The Labute approximate surface area is 101 Å². The topological polar surface area (TPSA) is 63.2 Å². The summed E-state index contributed by atoms with van der Waals surface area (Å²) in [5.74, 6) is -0.421. The van der Waals surface area contributed by atoms with Crippen LogP contribution in [0.3, 0.4) is 0 Å². The zero-order chi connectivity index (χ0) is 13.0. The summed E-state index contributed by atoms with van der Waals surface area (Å²) in [6.07, 6.45) is -2.15. The molecule has 6 nitrogen and oxygen atoms in total. The van der Waals surface area contributed by atoms with E-state index in [-0.39, 0.29) is 18.3 Å². The van der Waals surface area contributed by atoms with Crippen molar-refractivity contribution in [2.45, 2.75) is 44.6 Å². The van der Waals surface area contributed by atoms with E-state index in [1.54, 1.807) is 14.2 Å². The first-order valence-corrected chi connectivity index (χ1v) is 5.46. The van der Waals surface area contributed by atoms with Crippen LogP contribution in [0.4, 0.5) is 0 Å². The van der Waals surface area contributed by atoms with Gasteiger partial charge in [0, 0.05) is 28.3 Å². The maximum atomic E-state index is 11.0. The van der Waals surface area contributed by atoms with Gasteiger partial charge in [-0.1, -0.05) is 0 Å². The largest absolute Gasteiger partial charge is 0.433 e. The van der Waals surface area contributed by atoms with Gasteiger partial charge in [-0.05, 0) is 6.92 Å². The van der Waals surface area contributed by atoms with Gasteiger partial charge >= 0.3 is 5.97 Å². The second kappa shape index (κ2) is 6.30. The molecule has 0 aromatic carbocycles. The van der Waals surface area contributed by atoms with Gasteiger partial charge in [-0.2, -0.15) is 0 Å². The number of esters is 1. The lowest BCUT2D eigenvalue weighted by Crippen LogP contribution is -2.59.